The van der Waals surface area contributed by atoms with Gasteiger partial charge in [0.25, 0.3) is 0 Å². The molecule has 1 aliphatic carbocycles. The van der Waals surface area contributed by atoms with Gasteiger partial charge in [0.15, 0.2) is 5.78 Å². The Morgan fingerprint density at radius 2 is 1.92 bits per heavy atom. The summed E-state index contributed by atoms with van der Waals surface area (Å²) in [5, 5.41) is 0.733. The van der Waals surface area contributed by atoms with E-state index in [-0.39, 0.29) is 11.7 Å². The fourth-order valence-corrected chi connectivity index (χ4v) is 1.64. The molecule has 1 atom stereocenters. The second-order valence-electron chi connectivity index (χ2n) is 3.19. The van der Waals surface area contributed by atoms with Crippen LogP contribution in [0.2, 0.25) is 5.02 Å². The van der Waals surface area contributed by atoms with Gasteiger partial charge in [0.1, 0.15) is 0 Å². The molecule has 0 saturated carbocycles. The van der Waals surface area contributed by atoms with Gasteiger partial charge < -0.3 is 0 Å². The van der Waals surface area contributed by atoms with E-state index in [2.05, 4.69) is 0 Å². The first-order valence-electron chi connectivity index (χ1n) is 4.22. The highest BCUT2D eigenvalue weighted by molar-refractivity contribution is 6.30. The Morgan fingerprint density at radius 3 is 2.46 bits per heavy atom. The molecule has 0 aliphatic heterocycles. The maximum Gasteiger partial charge on any atom is 0.156 e. The van der Waals surface area contributed by atoms with Crippen molar-refractivity contribution in [2.75, 3.05) is 0 Å². The first-order chi connectivity index (χ1) is 6.25. The van der Waals surface area contributed by atoms with Crippen LogP contribution < -0.4 is 0 Å². The van der Waals surface area contributed by atoms with E-state index in [0.29, 0.717) is 6.42 Å². The van der Waals surface area contributed by atoms with Crippen LogP contribution in [0.3, 0.4) is 0 Å². The van der Waals surface area contributed by atoms with Crippen molar-refractivity contribution in [2.24, 2.45) is 0 Å². The average molecular weight is 193 g/mol. The SMILES string of the molecule is O=C1C=C[C@@H](c2ccc(Cl)cc2)C1. The summed E-state index contributed by atoms with van der Waals surface area (Å²) < 4.78 is 0. The minimum Gasteiger partial charge on any atom is -0.295 e. The lowest BCUT2D eigenvalue weighted by Gasteiger charge is -2.06. The van der Waals surface area contributed by atoms with Crippen LogP contribution in [0.5, 0.6) is 0 Å². The Bertz CT molecular complexity index is 351. The van der Waals surface area contributed by atoms with Crippen molar-refractivity contribution >= 4 is 17.4 Å². The Kier molecular flexibility index (Phi) is 2.19. The van der Waals surface area contributed by atoms with E-state index in [0.717, 1.165) is 10.6 Å². The van der Waals surface area contributed by atoms with Gasteiger partial charge in [-0.3, -0.25) is 4.79 Å². The number of halogens is 1. The number of allylic oxidation sites excluding steroid dienone is 2. The van der Waals surface area contributed by atoms with E-state index in [1.807, 2.05) is 30.3 Å². The van der Waals surface area contributed by atoms with Crippen molar-refractivity contribution in [2.45, 2.75) is 12.3 Å². The maximum absolute atomic E-state index is 11.0. The standard InChI is InChI=1S/C11H9ClO/c12-10-4-1-8(2-5-10)9-3-6-11(13)7-9/h1-6,9H,7H2/t9-/m1/s1. The maximum atomic E-state index is 11.0. The molecule has 0 bridgehead atoms. The number of hydrogen-bond acceptors (Lipinski definition) is 1. The number of rotatable bonds is 1. The van der Waals surface area contributed by atoms with Gasteiger partial charge in [-0.05, 0) is 23.8 Å². The second-order valence-corrected chi connectivity index (χ2v) is 3.62. The molecule has 1 aromatic carbocycles. The van der Waals surface area contributed by atoms with E-state index >= 15 is 0 Å². The molecule has 2 heteroatoms. The van der Waals surface area contributed by atoms with E-state index in [1.165, 1.54) is 0 Å². The molecule has 0 spiro atoms. The number of hydrogen-bond donors (Lipinski definition) is 0. The minimum atomic E-state index is 0.208. The highest BCUT2D eigenvalue weighted by Crippen LogP contribution is 2.27. The predicted molar refractivity (Wildman–Crippen MR) is 53.0 cm³/mol. The summed E-state index contributed by atoms with van der Waals surface area (Å²) in [6, 6.07) is 7.65. The molecule has 66 valence electrons. The molecular formula is C11H9ClO. The number of ketones is 1. The molecule has 2 rings (SSSR count). The van der Waals surface area contributed by atoms with Crippen molar-refractivity contribution in [3.63, 3.8) is 0 Å². The molecule has 0 saturated heterocycles. The summed E-state index contributed by atoms with van der Waals surface area (Å²) in [6.45, 7) is 0. The van der Waals surface area contributed by atoms with Crippen LogP contribution in [-0.2, 0) is 4.79 Å². The molecule has 1 nitrogen and oxygen atoms in total. The molecule has 0 aromatic heterocycles. The lowest BCUT2D eigenvalue weighted by Crippen LogP contribution is -1.94. The van der Waals surface area contributed by atoms with E-state index in [1.54, 1.807) is 6.08 Å². The van der Waals surface area contributed by atoms with Crippen molar-refractivity contribution in [3.8, 4) is 0 Å². The van der Waals surface area contributed by atoms with Gasteiger partial charge in [-0.2, -0.15) is 0 Å². The van der Waals surface area contributed by atoms with Gasteiger partial charge in [0, 0.05) is 17.4 Å². The Hall–Kier alpha value is -1.08. The summed E-state index contributed by atoms with van der Waals surface area (Å²) in [6.07, 6.45) is 4.20. The largest absolute Gasteiger partial charge is 0.295 e. The van der Waals surface area contributed by atoms with Crippen LogP contribution in [0, 0.1) is 0 Å². The molecule has 0 unspecified atom stereocenters. The van der Waals surface area contributed by atoms with Crippen molar-refractivity contribution < 1.29 is 4.79 Å². The van der Waals surface area contributed by atoms with E-state index < -0.39 is 0 Å². The highest BCUT2D eigenvalue weighted by atomic mass is 35.5. The van der Waals surface area contributed by atoms with Crippen LogP contribution in [0.25, 0.3) is 0 Å². The summed E-state index contributed by atoms with van der Waals surface area (Å²) in [5.74, 6) is 0.463. The zero-order chi connectivity index (χ0) is 9.26. The van der Waals surface area contributed by atoms with Crippen molar-refractivity contribution in [1.29, 1.82) is 0 Å². The topological polar surface area (TPSA) is 17.1 Å². The first-order valence-corrected chi connectivity index (χ1v) is 4.60. The quantitative estimate of drug-likeness (QED) is 0.669. The Labute approximate surface area is 82.0 Å². The Balaban J connectivity index is 2.22. The third-order valence-corrected chi connectivity index (χ3v) is 2.49. The van der Waals surface area contributed by atoms with Gasteiger partial charge in [-0.15, -0.1) is 0 Å². The van der Waals surface area contributed by atoms with Gasteiger partial charge in [0.05, 0.1) is 0 Å². The molecule has 0 fully saturated rings. The molecule has 1 aromatic rings. The van der Waals surface area contributed by atoms with Gasteiger partial charge >= 0.3 is 0 Å². The summed E-state index contributed by atoms with van der Waals surface area (Å²) in [7, 11) is 0. The van der Waals surface area contributed by atoms with E-state index in [4.69, 9.17) is 11.6 Å². The zero-order valence-electron chi connectivity index (χ0n) is 7.03. The van der Waals surface area contributed by atoms with Crippen LogP contribution in [-0.4, -0.2) is 5.78 Å². The molecule has 0 radical (unpaired) electrons. The van der Waals surface area contributed by atoms with Gasteiger partial charge in [-0.25, -0.2) is 0 Å². The van der Waals surface area contributed by atoms with Gasteiger partial charge in [-0.1, -0.05) is 29.8 Å². The smallest absolute Gasteiger partial charge is 0.156 e. The van der Waals surface area contributed by atoms with Crippen molar-refractivity contribution in [3.05, 3.63) is 47.0 Å². The normalized spacial score (nSPS) is 21.0. The van der Waals surface area contributed by atoms with Gasteiger partial charge in [0.2, 0.25) is 0 Å². The lowest BCUT2D eigenvalue weighted by molar-refractivity contribution is -0.114. The van der Waals surface area contributed by atoms with Crippen molar-refractivity contribution in [1.82, 2.24) is 0 Å². The number of carbonyl (C=O) groups is 1. The van der Waals surface area contributed by atoms with Crippen LogP contribution in [0.1, 0.15) is 17.9 Å². The fourth-order valence-electron chi connectivity index (χ4n) is 1.52. The zero-order valence-corrected chi connectivity index (χ0v) is 7.79. The molecule has 0 N–H and O–H groups in total. The number of benzene rings is 1. The number of carbonyl (C=O) groups excluding carboxylic acids is 1. The van der Waals surface area contributed by atoms with E-state index in [9.17, 15) is 4.79 Å². The minimum absolute atomic E-state index is 0.208. The predicted octanol–water partition coefficient (Wildman–Crippen LogP) is 2.95. The fraction of sp³-hybridized carbons (Fsp3) is 0.182. The summed E-state index contributed by atoms with van der Waals surface area (Å²) in [4.78, 5) is 11.0. The summed E-state index contributed by atoms with van der Waals surface area (Å²) >= 11 is 5.76. The second kappa shape index (κ2) is 3.35. The third kappa shape index (κ3) is 1.81. The van der Waals surface area contributed by atoms with Crippen LogP contribution >= 0.6 is 11.6 Å². The Morgan fingerprint density at radius 1 is 1.23 bits per heavy atom. The first kappa shape index (κ1) is 8.52. The average Bonchev–Trinajstić information content (AvgIpc) is 2.53. The molecule has 0 amide bonds. The monoisotopic (exact) mass is 192 g/mol. The third-order valence-electron chi connectivity index (χ3n) is 2.23. The van der Waals surface area contributed by atoms with Crippen LogP contribution in [0.15, 0.2) is 36.4 Å². The molecule has 1 aliphatic rings. The molecule has 0 heterocycles. The van der Waals surface area contributed by atoms with Crippen LogP contribution in [0.4, 0.5) is 0 Å². The lowest BCUT2D eigenvalue weighted by atomic mass is 9.99. The molecule has 13 heavy (non-hydrogen) atoms. The summed E-state index contributed by atoms with van der Waals surface area (Å²) in [5.41, 5.74) is 1.16. The molecular weight excluding hydrogens is 184 g/mol. The highest BCUT2D eigenvalue weighted by Gasteiger charge is 2.16.